The van der Waals surface area contributed by atoms with Crippen molar-refractivity contribution in [3.63, 3.8) is 0 Å². The summed E-state index contributed by atoms with van der Waals surface area (Å²) in [5.74, 6) is 0.209. The summed E-state index contributed by atoms with van der Waals surface area (Å²) in [6.07, 6.45) is 1.80. The van der Waals surface area contributed by atoms with E-state index in [0.717, 1.165) is 48.7 Å². The van der Waals surface area contributed by atoms with Crippen LogP contribution in [0.4, 0.5) is 5.69 Å². The number of nitrogens with zero attached hydrogens (tertiary/aromatic N) is 2. The van der Waals surface area contributed by atoms with E-state index in [2.05, 4.69) is 15.7 Å². The molecule has 2 aromatic rings. The second kappa shape index (κ2) is 7.62. The summed E-state index contributed by atoms with van der Waals surface area (Å²) in [6.45, 7) is 5.76. The lowest BCUT2D eigenvalue weighted by Gasteiger charge is -2.21. The summed E-state index contributed by atoms with van der Waals surface area (Å²) in [7, 11) is 0. The summed E-state index contributed by atoms with van der Waals surface area (Å²) in [4.78, 5) is 12.4. The van der Waals surface area contributed by atoms with Crippen molar-refractivity contribution in [3.05, 3.63) is 41.7 Å². The third-order valence-corrected chi connectivity index (χ3v) is 4.25. The van der Waals surface area contributed by atoms with Crippen molar-refractivity contribution < 1.29 is 4.79 Å². The molecule has 1 fully saturated rings. The molecule has 0 saturated carbocycles. The zero-order valence-electron chi connectivity index (χ0n) is 13.5. The van der Waals surface area contributed by atoms with E-state index in [9.17, 15) is 4.79 Å². The molecule has 0 bridgehead atoms. The van der Waals surface area contributed by atoms with E-state index >= 15 is 0 Å². The predicted molar refractivity (Wildman–Crippen MR) is 94.5 cm³/mol. The smallest absolute Gasteiger partial charge is 0.227 e. The molecule has 2 heterocycles. The number of nitrogens with one attached hydrogen (secondary N) is 2. The predicted octanol–water partition coefficient (Wildman–Crippen LogP) is 2.85. The Balaban J connectivity index is 0.00000192. The Labute approximate surface area is 142 Å². The van der Waals surface area contributed by atoms with Gasteiger partial charge < -0.3 is 10.6 Å². The number of aromatic nitrogens is 2. The fourth-order valence-electron chi connectivity index (χ4n) is 2.95. The highest BCUT2D eigenvalue weighted by Crippen LogP contribution is 2.24. The van der Waals surface area contributed by atoms with Crippen molar-refractivity contribution in [3.8, 4) is 5.69 Å². The van der Waals surface area contributed by atoms with Gasteiger partial charge in [-0.15, -0.1) is 12.4 Å². The number of para-hydroxylation sites is 1. The van der Waals surface area contributed by atoms with Gasteiger partial charge in [-0.25, -0.2) is 4.68 Å². The Kier molecular flexibility index (Phi) is 5.80. The van der Waals surface area contributed by atoms with Gasteiger partial charge in [0.15, 0.2) is 0 Å². The number of carbonyl (C=O) groups is 1. The van der Waals surface area contributed by atoms with Gasteiger partial charge in [0.25, 0.3) is 0 Å². The van der Waals surface area contributed by atoms with Gasteiger partial charge in [0.05, 0.1) is 22.8 Å². The first-order valence-electron chi connectivity index (χ1n) is 7.80. The third-order valence-electron chi connectivity index (χ3n) is 4.25. The highest BCUT2D eigenvalue weighted by Gasteiger charge is 2.23. The Hall–Kier alpha value is -1.85. The van der Waals surface area contributed by atoms with Crippen LogP contribution in [0, 0.1) is 19.8 Å². The quantitative estimate of drug-likeness (QED) is 0.907. The second-order valence-corrected chi connectivity index (χ2v) is 5.81. The molecule has 5 nitrogen and oxygen atoms in total. The van der Waals surface area contributed by atoms with E-state index in [1.165, 1.54) is 0 Å². The maximum Gasteiger partial charge on any atom is 0.227 e. The van der Waals surface area contributed by atoms with Gasteiger partial charge in [-0.05, 0) is 51.9 Å². The molecule has 1 amide bonds. The molecule has 0 atom stereocenters. The fraction of sp³-hybridized carbons (Fsp3) is 0.412. The topological polar surface area (TPSA) is 59.0 Å². The molecule has 1 aromatic heterocycles. The van der Waals surface area contributed by atoms with Crippen LogP contribution in [0.2, 0.25) is 0 Å². The van der Waals surface area contributed by atoms with E-state index in [4.69, 9.17) is 0 Å². The first-order chi connectivity index (χ1) is 10.7. The Morgan fingerprint density at radius 3 is 2.52 bits per heavy atom. The van der Waals surface area contributed by atoms with Gasteiger partial charge in [-0.3, -0.25) is 4.79 Å². The molecule has 1 saturated heterocycles. The molecule has 2 N–H and O–H groups in total. The molecule has 1 aliphatic rings. The van der Waals surface area contributed by atoms with Crippen LogP contribution >= 0.6 is 12.4 Å². The van der Waals surface area contributed by atoms with Crippen molar-refractivity contribution in [2.75, 3.05) is 18.4 Å². The number of halogens is 1. The van der Waals surface area contributed by atoms with Gasteiger partial charge in [0, 0.05) is 5.92 Å². The zero-order chi connectivity index (χ0) is 15.5. The van der Waals surface area contributed by atoms with Crippen LogP contribution in [-0.4, -0.2) is 28.8 Å². The molecule has 0 spiro atoms. The largest absolute Gasteiger partial charge is 0.323 e. The minimum atomic E-state index is 0. The molecule has 0 radical (unpaired) electrons. The van der Waals surface area contributed by atoms with Crippen LogP contribution in [0.1, 0.15) is 24.2 Å². The van der Waals surface area contributed by atoms with E-state index in [-0.39, 0.29) is 24.2 Å². The number of benzene rings is 1. The van der Waals surface area contributed by atoms with Crippen LogP contribution in [0.5, 0.6) is 0 Å². The van der Waals surface area contributed by atoms with Crippen molar-refractivity contribution in [1.82, 2.24) is 15.1 Å². The number of rotatable bonds is 3. The summed E-state index contributed by atoms with van der Waals surface area (Å²) >= 11 is 0. The summed E-state index contributed by atoms with van der Waals surface area (Å²) in [5.41, 5.74) is 3.66. The number of amides is 1. The van der Waals surface area contributed by atoms with E-state index < -0.39 is 0 Å². The molecule has 0 aliphatic carbocycles. The van der Waals surface area contributed by atoms with Gasteiger partial charge in [-0.2, -0.15) is 5.10 Å². The minimum Gasteiger partial charge on any atom is -0.323 e. The van der Waals surface area contributed by atoms with Crippen LogP contribution in [-0.2, 0) is 4.79 Å². The molecule has 124 valence electrons. The maximum absolute atomic E-state index is 12.4. The van der Waals surface area contributed by atoms with Gasteiger partial charge in [0.1, 0.15) is 0 Å². The third kappa shape index (κ3) is 3.74. The first-order valence-corrected chi connectivity index (χ1v) is 7.80. The highest BCUT2D eigenvalue weighted by atomic mass is 35.5. The summed E-state index contributed by atoms with van der Waals surface area (Å²) in [6, 6.07) is 9.98. The number of anilines is 1. The minimum absolute atomic E-state index is 0. The first kappa shape index (κ1) is 17.5. The van der Waals surface area contributed by atoms with E-state index in [1.807, 2.05) is 48.9 Å². The zero-order valence-corrected chi connectivity index (χ0v) is 14.3. The summed E-state index contributed by atoms with van der Waals surface area (Å²) in [5, 5.41) is 10.9. The lowest BCUT2D eigenvalue weighted by atomic mass is 9.97. The highest BCUT2D eigenvalue weighted by molar-refractivity contribution is 5.93. The maximum atomic E-state index is 12.4. The Morgan fingerprint density at radius 1 is 1.22 bits per heavy atom. The fourth-order valence-corrected chi connectivity index (χ4v) is 2.95. The molecule has 3 rings (SSSR count). The van der Waals surface area contributed by atoms with Gasteiger partial charge in [0.2, 0.25) is 5.91 Å². The van der Waals surface area contributed by atoms with Crippen molar-refractivity contribution >= 4 is 24.0 Å². The van der Waals surface area contributed by atoms with Crippen LogP contribution in [0.3, 0.4) is 0 Å². The van der Waals surface area contributed by atoms with Gasteiger partial charge >= 0.3 is 0 Å². The van der Waals surface area contributed by atoms with Crippen LogP contribution in [0.25, 0.3) is 5.69 Å². The van der Waals surface area contributed by atoms with Crippen molar-refractivity contribution in [2.24, 2.45) is 5.92 Å². The summed E-state index contributed by atoms with van der Waals surface area (Å²) < 4.78 is 1.88. The lowest BCUT2D eigenvalue weighted by molar-refractivity contribution is -0.120. The van der Waals surface area contributed by atoms with E-state index in [1.54, 1.807) is 0 Å². The number of aryl methyl sites for hydroxylation is 1. The average molecular weight is 335 g/mol. The molecule has 1 aromatic carbocycles. The molecule has 0 unspecified atom stereocenters. The normalized spacial score (nSPS) is 15.0. The molecular formula is C17H23ClN4O. The van der Waals surface area contributed by atoms with Gasteiger partial charge in [-0.1, -0.05) is 18.2 Å². The van der Waals surface area contributed by atoms with Crippen molar-refractivity contribution in [1.29, 1.82) is 0 Å². The lowest BCUT2D eigenvalue weighted by Crippen LogP contribution is -2.34. The SMILES string of the molecule is Cc1nn(-c2ccccc2)c(C)c1NC(=O)C1CCNCC1.Cl. The Bertz CT molecular complexity index is 663. The van der Waals surface area contributed by atoms with Crippen molar-refractivity contribution in [2.45, 2.75) is 26.7 Å². The molecule has 1 aliphatic heterocycles. The van der Waals surface area contributed by atoms with E-state index in [0.29, 0.717) is 0 Å². The standard InChI is InChI=1S/C17H22N4O.ClH/c1-12-16(19-17(22)14-8-10-18-11-9-14)13(2)21(20-12)15-6-4-3-5-7-15;/h3-7,14,18H,8-11H2,1-2H3,(H,19,22);1H. The number of piperidine rings is 1. The molecule has 6 heteroatoms. The number of hydrogen-bond acceptors (Lipinski definition) is 3. The average Bonchev–Trinajstić information content (AvgIpc) is 2.84. The number of hydrogen-bond donors (Lipinski definition) is 2. The molecule has 23 heavy (non-hydrogen) atoms. The number of carbonyl (C=O) groups excluding carboxylic acids is 1. The van der Waals surface area contributed by atoms with Crippen LogP contribution < -0.4 is 10.6 Å². The monoisotopic (exact) mass is 334 g/mol. The second-order valence-electron chi connectivity index (χ2n) is 5.81. The molecular weight excluding hydrogens is 312 g/mol. The Morgan fingerprint density at radius 2 is 1.87 bits per heavy atom. The van der Waals surface area contributed by atoms with Crippen LogP contribution in [0.15, 0.2) is 30.3 Å².